The third-order valence-electron chi connectivity index (χ3n) is 6.47. The maximum Gasteiger partial charge on any atom is 0.408 e. The van der Waals surface area contributed by atoms with Crippen molar-refractivity contribution in [3.8, 4) is 0 Å². The molecule has 7 nitrogen and oxygen atoms in total. The van der Waals surface area contributed by atoms with Gasteiger partial charge in [-0.15, -0.1) is 0 Å². The van der Waals surface area contributed by atoms with E-state index in [-0.39, 0.29) is 37.0 Å². The Labute approximate surface area is 194 Å². The molecule has 2 aromatic rings. The molecule has 4 rings (SSSR count). The van der Waals surface area contributed by atoms with Crippen LogP contribution in [0.5, 0.6) is 0 Å². The molecule has 0 bridgehead atoms. The van der Waals surface area contributed by atoms with Crippen molar-refractivity contribution < 1.29 is 23.9 Å². The van der Waals surface area contributed by atoms with Crippen molar-refractivity contribution in [3.63, 3.8) is 0 Å². The molecule has 2 saturated heterocycles. The minimum Gasteiger partial charge on any atom is -0.464 e. The maximum atomic E-state index is 13.4. The lowest BCUT2D eigenvalue weighted by molar-refractivity contribution is -0.156. The first kappa shape index (κ1) is 22.8. The molecule has 1 N–H and O–H groups in total. The predicted octanol–water partition coefficient (Wildman–Crippen LogP) is 3.47. The number of carbonyl (C=O) groups is 3. The van der Waals surface area contributed by atoms with Crippen LogP contribution < -0.4 is 5.32 Å². The lowest BCUT2D eigenvalue weighted by atomic mass is 9.86. The molecular formula is C26H30N2O5. The molecule has 2 fully saturated rings. The molecule has 0 unspecified atom stereocenters. The van der Waals surface area contributed by atoms with Crippen LogP contribution in [0.4, 0.5) is 4.79 Å². The highest BCUT2D eigenvalue weighted by atomic mass is 16.5. The molecular weight excluding hydrogens is 420 g/mol. The second kappa shape index (κ2) is 10.5. The van der Waals surface area contributed by atoms with E-state index in [2.05, 4.69) is 17.4 Å². The third-order valence-corrected chi connectivity index (χ3v) is 6.47. The van der Waals surface area contributed by atoms with Crippen molar-refractivity contribution >= 4 is 18.0 Å². The van der Waals surface area contributed by atoms with E-state index >= 15 is 0 Å². The lowest BCUT2D eigenvalue weighted by Crippen LogP contribution is -2.58. The van der Waals surface area contributed by atoms with Gasteiger partial charge in [-0.25, -0.2) is 9.59 Å². The van der Waals surface area contributed by atoms with Gasteiger partial charge in [0.05, 0.1) is 6.61 Å². The van der Waals surface area contributed by atoms with Crippen LogP contribution >= 0.6 is 0 Å². The van der Waals surface area contributed by atoms with E-state index in [1.165, 1.54) is 5.56 Å². The molecule has 2 aromatic carbocycles. The molecule has 0 aromatic heterocycles. The van der Waals surface area contributed by atoms with E-state index in [1.807, 2.05) is 48.5 Å². The van der Waals surface area contributed by atoms with E-state index in [0.29, 0.717) is 19.3 Å². The number of fused-ring (bicyclic) bond motifs is 1. The van der Waals surface area contributed by atoms with Crippen molar-refractivity contribution in [2.45, 2.75) is 57.3 Å². The van der Waals surface area contributed by atoms with Crippen LogP contribution in [0.15, 0.2) is 60.7 Å². The number of amides is 2. The Morgan fingerprint density at radius 1 is 0.970 bits per heavy atom. The summed E-state index contributed by atoms with van der Waals surface area (Å²) < 4.78 is 10.6. The first-order valence-electron chi connectivity index (χ1n) is 11.6. The number of benzene rings is 2. The Kier molecular flexibility index (Phi) is 7.27. The average molecular weight is 451 g/mol. The van der Waals surface area contributed by atoms with Crippen LogP contribution in [0.25, 0.3) is 0 Å². The van der Waals surface area contributed by atoms with Gasteiger partial charge in [0.25, 0.3) is 0 Å². The number of nitrogens with one attached hydrogen (secondary N) is 1. The average Bonchev–Trinajstić information content (AvgIpc) is 3.20. The summed E-state index contributed by atoms with van der Waals surface area (Å²) in [6, 6.07) is 18.1. The van der Waals surface area contributed by atoms with E-state index < -0.39 is 18.2 Å². The SMILES string of the molecule is CCOC(=O)[C@@H]1C[C@@H](Cc2ccccc2)[C@@H]2CC[C@H](NC(=O)OCc3ccccc3)C(=O)N12. The summed E-state index contributed by atoms with van der Waals surface area (Å²) in [5.41, 5.74) is 2.05. The van der Waals surface area contributed by atoms with Crippen LogP contribution in [0.1, 0.15) is 37.3 Å². The number of carbonyl (C=O) groups excluding carboxylic acids is 3. The highest BCUT2D eigenvalue weighted by molar-refractivity contribution is 5.91. The molecule has 2 amide bonds. The van der Waals surface area contributed by atoms with Crippen molar-refractivity contribution in [3.05, 3.63) is 71.8 Å². The van der Waals surface area contributed by atoms with Gasteiger partial charge in [-0.05, 0) is 49.7 Å². The number of esters is 1. The van der Waals surface area contributed by atoms with Crippen LogP contribution in [0, 0.1) is 5.92 Å². The normalized spacial score (nSPS) is 24.2. The molecule has 2 aliphatic heterocycles. The van der Waals surface area contributed by atoms with Crippen molar-refractivity contribution in [2.24, 2.45) is 5.92 Å². The minimum atomic E-state index is -0.711. The van der Waals surface area contributed by atoms with Crippen LogP contribution in [-0.4, -0.2) is 47.6 Å². The number of rotatable bonds is 7. The van der Waals surface area contributed by atoms with Gasteiger partial charge in [0.15, 0.2) is 0 Å². The fourth-order valence-corrected chi connectivity index (χ4v) is 4.97. The highest BCUT2D eigenvalue weighted by Gasteiger charge is 2.51. The van der Waals surface area contributed by atoms with Crippen molar-refractivity contribution in [1.82, 2.24) is 10.2 Å². The molecule has 2 heterocycles. The topological polar surface area (TPSA) is 84.9 Å². The number of hydrogen-bond donors (Lipinski definition) is 1. The van der Waals surface area contributed by atoms with E-state index in [0.717, 1.165) is 12.0 Å². The minimum absolute atomic E-state index is 0.0505. The second-order valence-electron chi connectivity index (χ2n) is 8.60. The standard InChI is InChI=1S/C26H30N2O5/c1-2-32-25(30)23-16-20(15-18-9-5-3-6-10-18)22-14-13-21(24(29)28(22)23)27-26(31)33-17-19-11-7-4-8-12-19/h3-12,20-23H,2,13-17H2,1H3,(H,27,31)/t20-,21+,22+,23+/m1/s1. The highest BCUT2D eigenvalue weighted by Crippen LogP contribution is 2.39. The van der Waals surface area contributed by atoms with Gasteiger partial charge in [0.1, 0.15) is 18.7 Å². The van der Waals surface area contributed by atoms with Crippen molar-refractivity contribution in [2.75, 3.05) is 6.61 Å². The number of nitrogens with zero attached hydrogens (tertiary/aromatic N) is 1. The summed E-state index contributed by atoms with van der Waals surface area (Å²) in [4.78, 5) is 40.1. The molecule has 4 atom stereocenters. The quantitative estimate of drug-likeness (QED) is 0.653. The van der Waals surface area contributed by atoms with Gasteiger partial charge in [-0.1, -0.05) is 60.7 Å². The van der Waals surface area contributed by atoms with E-state index in [1.54, 1.807) is 11.8 Å². The molecule has 2 aliphatic rings. The molecule has 33 heavy (non-hydrogen) atoms. The van der Waals surface area contributed by atoms with Gasteiger partial charge in [0.2, 0.25) is 5.91 Å². The fraction of sp³-hybridized carbons (Fsp3) is 0.423. The zero-order valence-electron chi connectivity index (χ0n) is 18.8. The first-order valence-corrected chi connectivity index (χ1v) is 11.6. The number of alkyl carbamates (subject to hydrolysis) is 1. The Bertz CT molecular complexity index is 965. The largest absolute Gasteiger partial charge is 0.464 e. The Morgan fingerprint density at radius 3 is 2.30 bits per heavy atom. The fourth-order valence-electron chi connectivity index (χ4n) is 4.97. The first-order chi connectivity index (χ1) is 16.1. The third kappa shape index (κ3) is 5.35. The van der Waals surface area contributed by atoms with Crippen LogP contribution in [0.2, 0.25) is 0 Å². The Hall–Kier alpha value is -3.35. The monoisotopic (exact) mass is 450 g/mol. The van der Waals surface area contributed by atoms with E-state index in [9.17, 15) is 14.4 Å². The van der Waals surface area contributed by atoms with Crippen LogP contribution in [0.3, 0.4) is 0 Å². The second-order valence-corrected chi connectivity index (χ2v) is 8.60. The Morgan fingerprint density at radius 2 is 1.64 bits per heavy atom. The number of hydrogen-bond acceptors (Lipinski definition) is 5. The predicted molar refractivity (Wildman–Crippen MR) is 122 cm³/mol. The summed E-state index contributed by atoms with van der Waals surface area (Å²) in [5, 5.41) is 2.70. The number of ether oxygens (including phenoxy) is 2. The molecule has 174 valence electrons. The summed E-state index contributed by atoms with van der Waals surface area (Å²) in [6.45, 7) is 2.15. The number of piperidine rings is 1. The van der Waals surface area contributed by atoms with Gasteiger partial charge < -0.3 is 19.7 Å². The summed E-state index contributed by atoms with van der Waals surface area (Å²) >= 11 is 0. The Balaban J connectivity index is 1.43. The molecule has 0 spiro atoms. The lowest BCUT2D eigenvalue weighted by Gasteiger charge is -2.38. The molecule has 0 radical (unpaired) electrons. The molecule has 0 aliphatic carbocycles. The van der Waals surface area contributed by atoms with Gasteiger partial charge in [-0.3, -0.25) is 4.79 Å². The smallest absolute Gasteiger partial charge is 0.408 e. The summed E-state index contributed by atoms with van der Waals surface area (Å²) in [7, 11) is 0. The molecule has 7 heteroatoms. The zero-order chi connectivity index (χ0) is 23.2. The van der Waals surface area contributed by atoms with Crippen LogP contribution in [-0.2, 0) is 32.1 Å². The molecule has 0 saturated carbocycles. The summed E-state index contributed by atoms with van der Waals surface area (Å²) in [6.07, 6.45) is 1.95. The maximum absolute atomic E-state index is 13.4. The van der Waals surface area contributed by atoms with Crippen molar-refractivity contribution in [1.29, 1.82) is 0 Å². The van der Waals surface area contributed by atoms with Gasteiger partial charge >= 0.3 is 12.1 Å². The van der Waals surface area contributed by atoms with Gasteiger partial charge in [-0.2, -0.15) is 0 Å². The van der Waals surface area contributed by atoms with Gasteiger partial charge in [0, 0.05) is 6.04 Å². The van der Waals surface area contributed by atoms with E-state index in [4.69, 9.17) is 9.47 Å². The summed E-state index contributed by atoms with van der Waals surface area (Å²) in [5.74, 6) is -0.452. The zero-order valence-corrected chi connectivity index (χ0v) is 18.8.